The molecule has 1 fully saturated rings. The number of pyridine rings is 1. The van der Waals surface area contributed by atoms with Crippen molar-refractivity contribution in [3.05, 3.63) is 64.7 Å². The zero-order valence-corrected chi connectivity index (χ0v) is 17.1. The number of nitrogens with two attached hydrogens (primary N) is 1. The number of benzene rings is 2. The molecule has 0 radical (unpaired) electrons. The fraction of sp³-hybridized carbons (Fsp3) is 0.217. The van der Waals surface area contributed by atoms with Crippen LogP contribution in [0.1, 0.15) is 15.9 Å². The molecule has 5 rings (SSSR count). The maximum atomic E-state index is 12.2. The summed E-state index contributed by atoms with van der Waals surface area (Å²) in [5.41, 5.74) is 11.1. The van der Waals surface area contributed by atoms with Crippen molar-refractivity contribution in [3.63, 3.8) is 0 Å². The van der Waals surface area contributed by atoms with Gasteiger partial charge in [-0.2, -0.15) is 0 Å². The van der Waals surface area contributed by atoms with Crippen molar-refractivity contribution in [1.82, 2.24) is 14.9 Å². The lowest BCUT2D eigenvalue weighted by molar-refractivity contribution is 0.0342. The molecule has 0 unspecified atom stereocenters. The molecule has 2 aromatic heterocycles. The minimum Gasteiger partial charge on any atom is -0.379 e. The van der Waals surface area contributed by atoms with Crippen LogP contribution in [0.15, 0.2) is 48.5 Å². The van der Waals surface area contributed by atoms with E-state index < -0.39 is 5.91 Å². The fourth-order valence-electron chi connectivity index (χ4n) is 4.01. The van der Waals surface area contributed by atoms with E-state index in [-0.39, 0.29) is 0 Å². The van der Waals surface area contributed by atoms with Gasteiger partial charge in [-0.25, -0.2) is 4.98 Å². The van der Waals surface area contributed by atoms with E-state index in [1.807, 2.05) is 18.2 Å². The second kappa shape index (κ2) is 7.72. The van der Waals surface area contributed by atoms with Gasteiger partial charge in [-0.15, -0.1) is 0 Å². The second-order valence-corrected chi connectivity index (χ2v) is 7.98. The molecular weight excluding hydrogens is 400 g/mol. The number of amides is 1. The Bertz CT molecular complexity index is 1260. The van der Waals surface area contributed by atoms with Crippen molar-refractivity contribution in [1.29, 1.82) is 0 Å². The molecule has 6 nitrogen and oxygen atoms in total. The Morgan fingerprint density at radius 1 is 1.17 bits per heavy atom. The summed E-state index contributed by atoms with van der Waals surface area (Å²) in [5.74, 6) is -0.495. The van der Waals surface area contributed by atoms with Crippen molar-refractivity contribution in [3.8, 4) is 11.3 Å². The van der Waals surface area contributed by atoms with Gasteiger partial charge in [0.15, 0.2) is 0 Å². The monoisotopic (exact) mass is 420 g/mol. The Morgan fingerprint density at radius 3 is 2.77 bits per heavy atom. The summed E-state index contributed by atoms with van der Waals surface area (Å²) in [6, 6.07) is 15.4. The largest absolute Gasteiger partial charge is 0.379 e. The first kappa shape index (κ1) is 19.1. The van der Waals surface area contributed by atoms with Crippen LogP contribution in [-0.2, 0) is 11.3 Å². The Labute approximate surface area is 178 Å². The topological polar surface area (TPSA) is 84.2 Å². The average molecular weight is 421 g/mol. The number of carbonyl (C=O) groups excluding carboxylic acids is 1. The van der Waals surface area contributed by atoms with Crippen molar-refractivity contribution >= 4 is 39.4 Å². The summed E-state index contributed by atoms with van der Waals surface area (Å²) in [6.45, 7) is 4.26. The third-order valence-electron chi connectivity index (χ3n) is 5.51. The maximum absolute atomic E-state index is 12.2. The molecule has 7 heteroatoms. The predicted octanol–water partition coefficient (Wildman–Crippen LogP) is 3.97. The van der Waals surface area contributed by atoms with Crippen LogP contribution < -0.4 is 5.73 Å². The summed E-state index contributed by atoms with van der Waals surface area (Å²) in [5, 5.41) is 1.57. The number of primary amides is 1. The van der Waals surface area contributed by atoms with E-state index >= 15 is 0 Å². The van der Waals surface area contributed by atoms with Gasteiger partial charge in [0.2, 0.25) is 0 Å². The van der Waals surface area contributed by atoms with E-state index in [9.17, 15) is 4.79 Å². The lowest BCUT2D eigenvalue weighted by atomic mass is 10.1. The van der Waals surface area contributed by atoms with Crippen molar-refractivity contribution in [2.75, 3.05) is 26.3 Å². The van der Waals surface area contributed by atoms with E-state index in [1.165, 1.54) is 5.56 Å². The summed E-state index contributed by atoms with van der Waals surface area (Å²) < 4.78 is 5.43. The normalized spacial score (nSPS) is 15.1. The molecule has 2 aromatic carbocycles. The molecule has 3 N–H and O–H groups in total. The Morgan fingerprint density at radius 2 is 2.00 bits per heavy atom. The molecular formula is C23H21ClN4O2. The van der Waals surface area contributed by atoms with Gasteiger partial charge in [0.1, 0.15) is 0 Å². The van der Waals surface area contributed by atoms with Crippen molar-refractivity contribution in [2.24, 2.45) is 5.73 Å². The van der Waals surface area contributed by atoms with Crippen molar-refractivity contribution in [2.45, 2.75) is 6.54 Å². The van der Waals surface area contributed by atoms with Crippen LogP contribution in [0.3, 0.4) is 0 Å². The lowest BCUT2D eigenvalue weighted by Gasteiger charge is -2.26. The first-order valence-electron chi connectivity index (χ1n) is 9.90. The van der Waals surface area contributed by atoms with Gasteiger partial charge in [-0.1, -0.05) is 35.9 Å². The van der Waals surface area contributed by atoms with Gasteiger partial charge in [0.25, 0.3) is 5.91 Å². The number of carbonyl (C=O) groups is 1. The van der Waals surface area contributed by atoms with Gasteiger partial charge >= 0.3 is 0 Å². The molecule has 0 atom stereocenters. The molecule has 1 amide bonds. The molecule has 1 saturated heterocycles. The van der Waals surface area contributed by atoms with E-state index in [0.29, 0.717) is 21.8 Å². The van der Waals surface area contributed by atoms with Gasteiger partial charge in [-0.3, -0.25) is 9.69 Å². The average Bonchev–Trinajstić information content (AvgIpc) is 3.11. The predicted molar refractivity (Wildman–Crippen MR) is 119 cm³/mol. The molecule has 0 saturated carbocycles. The Kier molecular flexibility index (Phi) is 4.90. The number of halogens is 1. The van der Waals surface area contributed by atoms with E-state index in [0.717, 1.165) is 54.8 Å². The molecule has 0 spiro atoms. The number of H-pyrrole nitrogens is 1. The Balaban J connectivity index is 1.62. The first-order chi connectivity index (χ1) is 14.6. The van der Waals surface area contributed by atoms with E-state index in [2.05, 4.69) is 28.1 Å². The zero-order valence-electron chi connectivity index (χ0n) is 16.3. The minimum absolute atomic E-state index is 0.418. The van der Waals surface area contributed by atoms with Crippen LogP contribution in [0.2, 0.25) is 5.02 Å². The highest BCUT2D eigenvalue weighted by Crippen LogP contribution is 2.31. The number of rotatable bonds is 4. The molecule has 4 aromatic rings. The summed E-state index contributed by atoms with van der Waals surface area (Å²) in [6.07, 6.45) is 0. The third kappa shape index (κ3) is 3.54. The number of fused-ring (bicyclic) bond motifs is 3. The number of hydrogen-bond acceptors (Lipinski definition) is 4. The quantitative estimate of drug-likeness (QED) is 0.523. The number of ether oxygens (including phenoxy) is 1. The highest BCUT2D eigenvalue weighted by atomic mass is 35.5. The minimum atomic E-state index is -0.495. The van der Waals surface area contributed by atoms with Crippen LogP contribution in [-0.4, -0.2) is 47.1 Å². The molecule has 1 aliphatic rings. The zero-order chi connectivity index (χ0) is 20.7. The van der Waals surface area contributed by atoms with E-state index in [4.69, 9.17) is 27.1 Å². The van der Waals surface area contributed by atoms with Crippen LogP contribution in [0.25, 0.3) is 33.2 Å². The van der Waals surface area contributed by atoms with Crippen LogP contribution in [0.5, 0.6) is 0 Å². The number of nitrogens with one attached hydrogen (secondary N) is 1. The van der Waals surface area contributed by atoms with Crippen LogP contribution >= 0.6 is 11.6 Å². The summed E-state index contributed by atoms with van der Waals surface area (Å²) >= 11 is 6.15. The molecule has 1 aliphatic heterocycles. The van der Waals surface area contributed by atoms with Gasteiger partial charge < -0.3 is 15.5 Å². The highest BCUT2D eigenvalue weighted by Gasteiger charge is 2.17. The van der Waals surface area contributed by atoms with Crippen molar-refractivity contribution < 1.29 is 9.53 Å². The van der Waals surface area contributed by atoms with Gasteiger partial charge in [0.05, 0.1) is 35.5 Å². The lowest BCUT2D eigenvalue weighted by Crippen LogP contribution is -2.35. The number of hydrogen-bond donors (Lipinski definition) is 2. The fourth-order valence-corrected chi connectivity index (χ4v) is 4.20. The van der Waals surface area contributed by atoms with E-state index in [1.54, 1.807) is 12.1 Å². The number of morpholine rings is 1. The number of nitrogens with zero attached hydrogens (tertiary/aromatic N) is 2. The van der Waals surface area contributed by atoms with Gasteiger partial charge in [0, 0.05) is 41.1 Å². The van der Waals surface area contributed by atoms with Crippen LogP contribution in [0.4, 0.5) is 0 Å². The Hall–Kier alpha value is -2.93. The first-order valence-corrected chi connectivity index (χ1v) is 10.3. The van der Waals surface area contributed by atoms with Gasteiger partial charge in [-0.05, 0) is 29.8 Å². The molecule has 3 heterocycles. The molecule has 152 valence electrons. The third-order valence-corrected chi connectivity index (χ3v) is 5.75. The summed E-state index contributed by atoms with van der Waals surface area (Å²) in [4.78, 5) is 22.8. The molecule has 30 heavy (non-hydrogen) atoms. The van der Waals surface area contributed by atoms with Crippen LogP contribution in [0, 0.1) is 0 Å². The standard InChI is InChI=1S/C23H21ClN4O2/c24-16-3-1-2-15(11-16)19-12-18(23(25)29)22-21(26-19)17-5-4-14(10-20(17)27-22)13-28-6-8-30-9-7-28/h1-5,10-12,27H,6-9,13H2,(H2,25,29). The number of aromatic nitrogens is 2. The molecule has 0 bridgehead atoms. The number of aromatic amines is 1. The second-order valence-electron chi connectivity index (χ2n) is 7.55. The summed E-state index contributed by atoms with van der Waals surface area (Å²) in [7, 11) is 0. The highest BCUT2D eigenvalue weighted by molar-refractivity contribution is 6.30. The SMILES string of the molecule is NC(=O)c1cc(-c2cccc(Cl)c2)nc2c1[nH]c1cc(CN3CCOCC3)ccc12. The maximum Gasteiger partial charge on any atom is 0.250 e. The molecule has 0 aliphatic carbocycles. The smallest absolute Gasteiger partial charge is 0.250 e.